The smallest absolute Gasteiger partial charge is 0.238 e. The van der Waals surface area contributed by atoms with Crippen molar-refractivity contribution in [2.75, 3.05) is 11.1 Å². The predicted octanol–water partition coefficient (Wildman–Crippen LogP) is 3.23. The summed E-state index contributed by atoms with van der Waals surface area (Å²) >= 11 is 1.63. The van der Waals surface area contributed by atoms with E-state index in [9.17, 15) is 4.79 Å². The van der Waals surface area contributed by atoms with Crippen LogP contribution in [-0.2, 0) is 11.2 Å². The molecule has 20 heavy (non-hydrogen) atoms. The maximum absolute atomic E-state index is 12.3. The second-order valence-electron chi connectivity index (χ2n) is 4.98. The lowest BCUT2D eigenvalue weighted by molar-refractivity contribution is -0.115. The molecule has 1 aliphatic rings. The van der Waals surface area contributed by atoms with E-state index in [1.54, 1.807) is 11.8 Å². The minimum atomic E-state index is -0.0507. The van der Waals surface area contributed by atoms with E-state index in [0.717, 1.165) is 23.4 Å². The van der Waals surface area contributed by atoms with Gasteiger partial charge < -0.3 is 11.1 Å². The first-order chi connectivity index (χ1) is 9.63. The van der Waals surface area contributed by atoms with Crippen LogP contribution in [-0.4, -0.2) is 11.2 Å². The Morgan fingerprint density at radius 3 is 2.85 bits per heavy atom. The minimum Gasteiger partial charge on any atom is -0.399 e. The number of fused-ring (bicyclic) bond motifs is 1. The predicted molar refractivity (Wildman–Crippen MR) is 84.0 cm³/mol. The molecule has 3 rings (SSSR count). The number of amides is 1. The molecule has 1 aliphatic heterocycles. The van der Waals surface area contributed by atoms with E-state index in [2.05, 4.69) is 17.4 Å². The summed E-state index contributed by atoms with van der Waals surface area (Å²) in [6.07, 6.45) is 0.792. The molecule has 1 unspecified atom stereocenters. The van der Waals surface area contributed by atoms with Crippen molar-refractivity contribution in [1.29, 1.82) is 0 Å². The molecule has 0 saturated heterocycles. The summed E-state index contributed by atoms with van der Waals surface area (Å²) in [6, 6.07) is 13.7. The zero-order valence-electron chi connectivity index (χ0n) is 11.2. The Kier molecular flexibility index (Phi) is 3.40. The number of hydrogen-bond acceptors (Lipinski definition) is 3. The van der Waals surface area contributed by atoms with Gasteiger partial charge in [-0.1, -0.05) is 18.2 Å². The van der Waals surface area contributed by atoms with Crippen molar-refractivity contribution in [2.45, 2.75) is 23.5 Å². The summed E-state index contributed by atoms with van der Waals surface area (Å²) in [5.41, 5.74) is 9.56. The summed E-state index contributed by atoms with van der Waals surface area (Å²) in [7, 11) is 0. The molecule has 0 bridgehead atoms. The van der Waals surface area contributed by atoms with Gasteiger partial charge in [0.1, 0.15) is 0 Å². The average molecular weight is 284 g/mol. The number of thioether (sulfide) groups is 1. The summed E-state index contributed by atoms with van der Waals surface area (Å²) in [4.78, 5) is 13.5. The maximum Gasteiger partial charge on any atom is 0.238 e. The second kappa shape index (κ2) is 5.21. The average Bonchev–Trinajstić information content (AvgIpc) is 2.87. The van der Waals surface area contributed by atoms with Crippen molar-refractivity contribution in [3.63, 3.8) is 0 Å². The minimum absolute atomic E-state index is 0.0507. The van der Waals surface area contributed by atoms with Crippen molar-refractivity contribution in [1.82, 2.24) is 0 Å². The number of benzene rings is 2. The summed E-state index contributed by atoms with van der Waals surface area (Å²) in [6.45, 7) is 1.94. The van der Waals surface area contributed by atoms with Crippen LogP contribution in [0, 0.1) is 6.92 Å². The number of nitrogen functional groups attached to an aromatic ring is 1. The molecular weight excluding hydrogens is 268 g/mol. The Morgan fingerprint density at radius 2 is 2.10 bits per heavy atom. The number of carbonyl (C=O) groups excluding carboxylic acids is 1. The first-order valence-corrected chi connectivity index (χ1v) is 7.43. The van der Waals surface area contributed by atoms with Crippen LogP contribution >= 0.6 is 11.8 Å². The molecule has 0 fully saturated rings. The highest BCUT2D eigenvalue weighted by Gasteiger charge is 2.27. The zero-order chi connectivity index (χ0) is 14.1. The molecule has 0 aromatic heterocycles. The number of anilines is 2. The van der Waals surface area contributed by atoms with E-state index in [4.69, 9.17) is 5.73 Å². The van der Waals surface area contributed by atoms with Crippen molar-refractivity contribution < 1.29 is 4.79 Å². The van der Waals surface area contributed by atoms with E-state index in [0.29, 0.717) is 0 Å². The Bertz CT molecular complexity index is 644. The van der Waals surface area contributed by atoms with Crippen molar-refractivity contribution in [2.24, 2.45) is 0 Å². The van der Waals surface area contributed by atoms with E-state index in [1.807, 2.05) is 37.3 Å². The van der Waals surface area contributed by atoms with Gasteiger partial charge >= 0.3 is 0 Å². The van der Waals surface area contributed by atoms with Gasteiger partial charge in [-0.3, -0.25) is 4.79 Å². The monoisotopic (exact) mass is 284 g/mol. The molecule has 1 heterocycles. The van der Waals surface area contributed by atoms with Gasteiger partial charge in [0.25, 0.3) is 0 Å². The molecule has 4 heteroatoms. The molecule has 3 N–H and O–H groups in total. The Morgan fingerprint density at radius 1 is 1.30 bits per heavy atom. The lowest BCUT2D eigenvalue weighted by Gasteiger charge is -2.11. The van der Waals surface area contributed by atoms with Crippen LogP contribution in [0.25, 0.3) is 0 Å². The van der Waals surface area contributed by atoms with Crippen LogP contribution in [0.2, 0.25) is 0 Å². The number of nitrogens with one attached hydrogen (secondary N) is 1. The van der Waals surface area contributed by atoms with Crippen LogP contribution in [0.3, 0.4) is 0 Å². The van der Waals surface area contributed by atoms with Crippen LogP contribution in [0.5, 0.6) is 0 Å². The van der Waals surface area contributed by atoms with Crippen LogP contribution in [0.4, 0.5) is 11.4 Å². The second-order valence-corrected chi connectivity index (χ2v) is 6.22. The molecule has 102 valence electrons. The van der Waals surface area contributed by atoms with Crippen LogP contribution < -0.4 is 11.1 Å². The molecule has 3 nitrogen and oxygen atoms in total. The number of rotatable bonds is 2. The quantitative estimate of drug-likeness (QED) is 0.832. The highest BCUT2D eigenvalue weighted by Crippen LogP contribution is 2.37. The molecule has 0 spiro atoms. The zero-order valence-corrected chi connectivity index (χ0v) is 12.0. The first-order valence-electron chi connectivity index (χ1n) is 6.55. The molecule has 1 atom stereocenters. The standard InChI is InChI=1S/C16H16N2OS/c1-10-8-12(6-7-13(10)17)18-16(19)15-9-11-4-2-3-5-14(11)20-15/h2-8,15H,9,17H2,1H3,(H,18,19). The molecule has 0 radical (unpaired) electrons. The number of hydrogen-bond donors (Lipinski definition) is 2. The SMILES string of the molecule is Cc1cc(NC(=O)C2Cc3ccccc3S2)ccc1N. The maximum atomic E-state index is 12.3. The molecular formula is C16H16N2OS. The normalized spacial score (nSPS) is 16.8. The van der Waals surface area contributed by atoms with Gasteiger partial charge in [-0.05, 0) is 48.7 Å². The van der Waals surface area contributed by atoms with Crippen LogP contribution in [0.15, 0.2) is 47.4 Å². The van der Waals surface area contributed by atoms with E-state index in [-0.39, 0.29) is 11.2 Å². The van der Waals surface area contributed by atoms with E-state index >= 15 is 0 Å². The number of carbonyl (C=O) groups is 1. The molecule has 2 aromatic carbocycles. The fraction of sp³-hybridized carbons (Fsp3) is 0.188. The lowest BCUT2D eigenvalue weighted by atomic mass is 10.1. The van der Waals surface area contributed by atoms with E-state index in [1.165, 1.54) is 10.5 Å². The van der Waals surface area contributed by atoms with Crippen molar-refractivity contribution in [3.05, 3.63) is 53.6 Å². The third kappa shape index (κ3) is 2.51. The van der Waals surface area contributed by atoms with Gasteiger partial charge in [0.15, 0.2) is 0 Å². The topological polar surface area (TPSA) is 55.1 Å². The fourth-order valence-electron chi connectivity index (χ4n) is 2.30. The summed E-state index contributed by atoms with van der Waals surface area (Å²) in [5, 5.41) is 2.92. The summed E-state index contributed by atoms with van der Waals surface area (Å²) < 4.78 is 0. The van der Waals surface area contributed by atoms with Gasteiger partial charge in [0, 0.05) is 16.3 Å². The number of aryl methyl sites for hydroxylation is 1. The Labute approximate surface area is 122 Å². The molecule has 1 amide bonds. The highest BCUT2D eigenvalue weighted by molar-refractivity contribution is 8.01. The Balaban J connectivity index is 1.71. The van der Waals surface area contributed by atoms with E-state index < -0.39 is 0 Å². The van der Waals surface area contributed by atoms with Crippen LogP contribution in [0.1, 0.15) is 11.1 Å². The van der Waals surface area contributed by atoms with Gasteiger partial charge in [-0.2, -0.15) is 0 Å². The highest BCUT2D eigenvalue weighted by atomic mass is 32.2. The largest absolute Gasteiger partial charge is 0.399 e. The Hall–Kier alpha value is -1.94. The van der Waals surface area contributed by atoms with Crippen molar-refractivity contribution >= 4 is 29.0 Å². The fourth-order valence-corrected chi connectivity index (χ4v) is 3.50. The third-order valence-electron chi connectivity index (χ3n) is 3.48. The molecule has 0 saturated carbocycles. The van der Waals surface area contributed by atoms with Gasteiger partial charge in [-0.25, -0.2) is 0 Å². The summed E-state index contributed by atoms with van der Waals surface area (Å²) in [5.74, 6) is 0.0513. The molecule has 2 aromatic rings. The van der Waals surface area contributed by atoms with Gasteiger partial charge in [0.05, 0.1) is 5.25 Å². The number of nitrogens with two attached hydrogens (primary N) is 1. The van der Waals surface area contributed by atoms with Gasteiger partial charge in [0.2, 0.25) is 5.91 Å². The lowest BCUT2D eigenvalue weighted by Crippen LogP contribution is -2.24. The van der Waals surface area contributed by atoms with Crippen molar-refractivity contribution in [3.8, 4) is 0 Å². The van der Waals surface area contributed by atoms with Gasteiger partial charge in [-0.15, -0.1) is 11.8 Å². The molecule has 0 aliphatic carbocycles. The third-order valence-corrected chi connectivity index (χ3v) is 4.79. The first kappa shape index (κ1) is 13.1.